The van der Waals surface area contributed by atoms with Crippen LogP contribution in [0.2, 0.25) is 0 Å². The molecule has 0 atom stereocenters. The van der Waals surface area contributed by atoms with Crippen molar-refractivity contribution in [3.05, 3.63) is 23.8 Å². The summed E-state index contributed by atoms with van der Waals surface area (Å²) in [6, 6.07) is 4.87. The van der Waals surface area contributed by atoms with E-state index in [-0.39, 0.29) is 16.5 Å². The Bertz CT molecular complexity index is 440. The van der Waals surface area contributed by atoms with Crippen molar-refractivity contribution in [2.24, 2.45) is 0 Å². The Kier molecular flexibility index (Phi) is 3.71. The molecule has 5 heteroatoms. The number of aryl methyl sites for hydroxylation is 1. The van der Waals surface area contributed by atoms with Gasteiger partial charge in [0, 0.05) is 6.61 Å². The monoisotopic (exact) mass is 229 g/mol. The fraction of sp³-hybridized carbons (Fsp3) is 0.400. The van der Waals surface area contributed by atoms with E-state index >= 15 is 0 Å². The first kappa shape index (κ1) is 12.0. The predicted molar refractivity (Wildman–Crippen MR) is 59.3 cm³/mol. The third-order valence-corrected chi connectivity index (χ3v) is 3.46. The number of rotatable bonds is 4. The lowest BCUT2D eigenvalue weighted by molar-refractivity contribution is 0.192. The van der Waals surface area contributed by atoms with Crippen LogP contribution >= 0.6 is 0 Å². The molecule has 0 radical (unpaired) electrons. The lowest BCUT2D eigenvalue weighted by atomic mass is 10.2. The zero-order valence-corrected chi connectivity index (χ0v) is 9.67. The molecule has 1 aromatic carbocycles. The highest BCUT2D eigenvalue weighted by Gasteiger charge is 2.17. The normalized spacial score (nSPS) is 11.6. The molecule has 15 heavy (non-hydrogen) atoms. The minimum absolute atomic E-state index is 0.140. The largest absolute Gasteiger partial charge is 0.398 e. The first-order valence-corrected chi connectivity index (χ1v) is 6.29. The molecule has 0 spiro atoms. The van der Waals surface area contributed by atoms with Crippen molar-refractivity contribution in [3.63, 3.8) is 0 Å². The quantitative estimate of drug-likeness (QED) is 0.791. The van der Waals surface area contributed by atoms with E-state index < -0.39 is 9.84 Å². The lowest BCUT2D eigenvalue weighted by Gasteiger charge is -2.07. The number of sulfone groups is 1. The van der Waals surface area contributed by atoms with E-state index in [1.54, 1.807) is 19.1 Å². The molecule has 0 aliphatic carbocycles. The predicted octanol–water partition coefficient (Wildman–Crippen LogP) is 1.34. The topological polar surface area (TPSA) is 69.4 Å². The molecule has 0 fully saturated rings. The molecule has 0 unspecified atom stereocenters. The van der Waals surface area contributed by atoms with Crippen LogP contribution in [0.15, 0.2) is 23.1 Å². The van der Waals surface area contributed by atoms with Gasteiger partial charge in [0.15, 0.2) is 5.94 Å². The van der Waals surface area contributed by atoms with Gasteiger partial charge in [-0.25, -0.2) is 8.42 Å². The van der Waals surface area contributed by atoms with Crippen LogP contribution in [-0.4, -0.2) is 21.0 Å². The Balaban J connectivity index is 3.05. The Morgan fingerprint density at radius 2 is 2.07 bits per heavy atom. The van der Waals surface area contributed by atoms with Crippen molar-refractivity contribution in [3.8, 4) is 0 Å². The van der Waals surface area contributed by atoms with Gasteiger partial charge in [0.25, 0.3) is 0 Å². The lowest BCUT2D eigenvalue weighted by Crippen LogP contribution is -2.12. The van der Waals surface area contributed by atoms with Crippen LogP contribution in [0.25, 0.3) is 0 Å². The Morgan fingerprint density at radius 3 is 2.60 bits per heavy atom. The Morgan fingerprint density at radius 1 is 1.40 bits per heavy atom. The van der Waals surface area contributed by atoms with Crippen LogP contribution in [0.1, 0.15) is 12.5 Å². The SMILES string of the molecule is CCOCS(=O)(=O)c1ccc(C)cc1N. The number of nitrogen functional groups attached to an aromatic ring is 1. The molecule has 0 amide bonds. The molecule has 0 aromatic heterocycles. The summed E-state index contributed by atoms with van der Waals surface area (Å²) in [5.74, 6) is -0.323. The van der Waals surface area contributed by atoms with Gasteiger partial charge in [-0.15, -0.1) is 0 Å². The summed E-state index contributed by atoms with van der Waals surface area (Å²) in [4.78, 5) is 0.140. The highest BCUT2D eigenvalue weighted by molar-refractivity contribution is 7.91. The Labute approximate surface area is 90.0 Å². The zero-order chi connectivity index (χ0) is 11.5. The van der Waals surface area contributed by atoms with E-state index in [1.165, 1.54) is 6.07 Å². The van der Waals surface area contributed by atoms with Gasteiger partial charge in [-0.05, 0) is 31.5 Å². The third kappa shape index (κ3) is 2.94. The van der Waals surface area contributed by atoms with Crippen molar-refractivity contribution < 1.29 is 13.2 Å². The average molecular weight is 229 g/mol. The van der Waals surface area contributed by atoms with E-state index in [0.29, 0.717) is 6.61 Å². The minimum Gasteiger partial charge on any atom is -0.398 e. The number of hydrogen-bond donors (Lipinski definition) is 1. The molecule has 1 aromatic rings. The van der Waals surface area contributed by atoms with Crippen LogP contribution in [0, 0.1) is 6.92 Å². The number of hydrogen-bond acceptors (Lipinski definition) is 4. The first-order valence-electron chi connectivity index (χ1n) is 4.64. The number of ether oxygens (including phenoxy) is 1. The number of nitrogens with two attached hydrogens (primary N) is 1. The second-order valence-electron chi connectivity index (χ2n) is 3.27. The molecule has 0 aliphatic heterocycles. The average Bonchev–Trinajstić information content (AvgIpc) is 2.14. The van der Waals surface area contributed by atoms with Gasteiger partial charge in [-0.3, -0.25) is 0 Å². The van der Waals surface area contributed by atoms with Crippen LogP contribution in [0.5, 0.6) is 0 Å². The van der Waals surface area contributed by atoms with E-state index in [4.69, 9.17) is 10.5 Å². The number of anilines is 1. The summed E-state index contributed by atoms with van der Waals surface area (Å²) in [5.41, 5.74) is 6.85. The molecule has 1 rings (SSSR count). The maximum Gasteiger partial charge on any atom is 0.204 e. The molecule has 4 nitrogen and oxygen atoms in total. The standard InChI is InChI=1S/C10H15NO3S/c1-3-14-7-15(12,13)10-5-4-8(2)6-9(10)11/h4-6H,3,7,11H2,1-2H3. The van der Waals surface area contributed by atoms with Gasteiger partial charge >= 0.3 is 0 Å². The van der Waals surface area contributed by atoms with Crippen LogP contribution in [0.4, 0.5) is 5.69 Å². The van der Waals surface area contributed by atoms with Crippen molar-refractivity contribution in [1.29, 1.82) is 0 Å². The molecular formula is C10H15NO3S. The van der Waals surface area contributed by atoms with Crippen molar-refractivity contribution in [2.75, 3.05) is 18.3 Å². The van der Waals surface area contributed by atoms with E-state index in [1.807, 2.05) is 6.92 Å². The maximum absolute atomic E-state index is 11.7. The molecule has 0 aliphatic rings. The molecule has 0 saturated carbocycles. The third-order valence-electron chi connectivity index (χ3n) is 1.94. The van der Waals surface area contributed by atoms with Gasteiger partial charge in [0.2, 0.25) is 9.84 Å². The first-order chi connectivity index (χ1) is 6.97. The summed E-state index contributed by atoms with van der Waals surface area (Å²) in [7, 11) is -3.42. The van der Waals surface area contributed by atoms with Gasteiger partial charge in [0.05, 0.1) is 10.6 Å². The van der Waals surface area contributed by atoms with E-state index in [2.05, 4.69) is 0 Å². The highest BCUT2D eigenvalue weighted by atomic mass is 32.2. The summed E-state index contributed by atoms with van der Waals surface area (Å²) in [6.07, 6.45) is 0. The summed E-state index contributed by atoms with van der Waals surface area (Å²) in [6.45, 7) is 3.97. The van der Waals surface area contributed by atoms with Crippen LogP contribution in [0.3, 0.4) is 0 Å². The smallest absolute Gasteiger partial charge is 0.204 e. The Hall–Kier alpha value is -1.07. The van der Waals surface area contributed by atoms with Gasteiger partial charge in [0.1, 0.15) is 0 Å². The summed E-state index contributed by atoms with van der Waals surface area (Å²) >= 11 is 0. The van der Waals surface area contributed by atoms with Gasteiger partial charge in [-0.1, -0.05) is 6.07 Å². The molecule has 0 saturated heterocycles. The van der Waals surface area contributed by atoms with E-state index in [0.717, 1.165) is 5.56 Å². The fourth-order valence-corrected chi connectivity index (χ4v) is 2.41. The van der Waals surface area contributed by atoms with Crippen LogP contribution < -0.4 is 5.73 Å². The molecular weight excluding hydrogens is 214 g/mol. The van der Waals surface area contributed by atoms with Gasteiger partial charge < -0.3 is 10.5 Å². The van der Waals surface area contributed by atoms with E-state index in [9.17, 15) is 8.42 Å². The second kappa shape index (κ2) is 4.63. The minimum atomic E-state index is -3.42. The van der Waals surface area contributed by atoms with Gasteiger partial charge in [-0.2, -0.15) is 0 Å². The zero-order valence-electron chi connectivity index (χ0n) is 8.86. The molecule has 0 heterocycles. The fourth-order valence-electron chi connectivity index (χ4n) is 1.21. The summed E-state index contributed by atoms with van der Waals surface area (Å²) < 4.78 is 28.3. The maximum atomic E-state index is 11.7. The van der Waals surface area contributed by atoms with Crippen molar-refractivity contribution in [1.82, 2.24) is 0 Å². The molecule has 84 valence electrons. The number of benzene rings is 1. The highest BCUT2D eigenvalue weighted by Crippen LogP contribution is 2.20. The summed E-state index contributed by atoms with van der Waals surface area (Å²) in [5, 5.41) is 0. The second-order valence-corrected chi connectivity index (χ2v) is 5.17. The molecule has 0 bridgehead atoms. The van der Waals surface area contributed by atoms with Crippen molar-refractivity contribution in [2.45, 2.75) is 18.7 Å². The molecule has 2 N–H and O–H groups in total. The van der Waals surface area contributed by atoms with Crippen LogP contribution in [-0.2, 0) is 14.6 Å². The van der Waals surface area contributed by atoms with Crippen molar-refractivity contribution >= 4 is 15.5 Å².